The van der Waals surface area contributed by atoms with Crippen LogP contribution in [-0.4, -0.2) is 186 Å². The van der Waals surface area contributed by atoms with Gasteiger partial charge in [-0.15, -0.1) is 89.6 Å². The molecule has 134 heavy (non-hydrogen) atoms. The van der Waals surface area contributed by atoms with Gasteiger partial charge in [-0.1, -0.05) is 156 Å². The SMILES string of the molecule is C=C(C)C(=O)Oc1c[c-]c(-c2nnnn2-c2c(C)cc(C)cc2C)cc1.CC1CN(C)CCC1n1nnnc1-n1[c-]nnn1.Cc1cc(Oc2ccccc2)cc(C)c1-n1nnnc1-c1[c-]cc2c(c1)CCO2.Cn1c(-n2ncnc2-n2[c-]ccc2)nc(-c2ccccc2)c1-c1ccccc1.Cn1ncc(C#N)c1-n1nnnc1-c1[c-]c2c(cc1)-c1ccccc1S2(=O)=O.[Ir].[Ir].[Ir].[Ir].[Ir]. The number of tetrazole rings is 5. The van der Waals surface area contributed by atoms with Crippen molar-refractivity contribution in [1.29, 1.82) is 5.26 Å². The van der Waals surface area contributed by atoms with E-state index in [1.165, 1.54) is 32.1 Å². The Bertz CT molecular complexity index is 7240. The van der Waals surface area contributed by atoms with Crippen molar-refractivity contribution < 1.29 is 128 Å². The van der Waals surface area contributed by atoms with Gasteiger partial charge in [-0.3, -0.25) is 9.36 Å². The first-order valence-electron chi connectivity index (χ1n) is 40.6. The quantitative estimate of drug-likeness (QED) is 0.0375. The van der Waals surface area contributed by atoms with Crippen molar-refractivity contribution in [2.45, 2.75) is 77.1 Å². The first kappa shape index (κ1) is 99.6. The van der Waals surface area contributed by atoms with E-state index in [1.54, 1.807) is 91.9 Å². The number of benzene rings is 9. The molecule has 0 saturated carbocycles. The zero-order chi connectivity index (χ0) is 89.6. The minimum atomic E-state index is -3.67. The van der Waals surface area contributed by atoms with Crippen LogP contribution in [0.5, 0.6) is 23.0 Å². The summed E-state index contributed by atoms with van der Waals surface area (Å²) in [5.74, 6) is 6.57. The van der Waals surface area contributed by atoms with Crippen molar-refractivity contribution >= 4 is 15.8 Å². The number of imidazole rings is 1. The molecule has 3 aliphatic rings. The summed E-state index contributed by atoms with van der Waals surface area (Å²) in [4.78, 5) is 23.6. The topological polar surface area (TPSA) is 395 Å². The fourth-order valence-corrected chi connectivity index (χ4v) is 17.3. The molecule has 12 heterocycles. The van der Waals surface area contributed by atoms with Crippen molar-refractivity contribution in [2.24, 2.45) is 20.0 Å². The third-order valence-corrected chi connectivity index (χ3v) is 23.3. The molecule has 0 N–H and O–H groups in total. The third kappa shape index (κ3) is 21.0. The first-order valence-corrected chi connectivity index (χ1v) is 42.1. The molecule has 36 nitrogen and oxygen atoms in total. The number of sulfone groups is 1. The molecule has 3 aliphatic heterocycles. The van der Waals surface area contributed by atoms with Crippen molar-refractivity contribution in [2.75, 3.05) is 26.7 Å². The van der Waals surface area contributed by atoms with E-state index in [-0.39, 0.29) is 128 Å². The van der Waals surface area contributed by atoms with Gasteiger partial charge in [0.2, 0.25) is 5.95 Å². The second-order valence-electron chi connectivity index (χ2n) is 30.6. The van der Waals surface area contributed by atoms with Crippen molar-refractivity contribution in [3.05, 3.63) is 295 Å². The van der Waals surface area contributed by atoms with Gasteiger partial charge in [-0.2, -0.15) is 41.9 Å². The van der Waals surface area contributed by atoms with Crippen LogP contribution in [-0.2, 0) is 136 Å². The predicted molar refractivity (Wildman–Crippen MR) is 469 cm³/mol. The third-order valence-electron chi connectivity index (χ3n) is 21.5. The summed E-state index contributed by atoms with van der Waals surface area (Å²) in [5.41, 5.74) is 16.3. The number of aryl methyl sites for hydroxylation is 6. The number of hydrogen-bond donors (Lipinski definition) is 0. The number of fused-ring (bicyclic) bond motifs is 4. The Labute approximate surface area is 836 Å². The first-order chi connectivity index (χ1) is 62.6. The number of piperidine rings is 1. The summed E-state index contributed by atoms with van der Waals surface area (Å²) in [6.45, 7) is 20.3. The molecule has 9 aromatic heterocycles. The van der Waals surface area contributed by atoms with Gasteiger partial charge in [0.05, 0.1) is 40.5 Å². The number of rotatable bonds is 16. The van der Waals surface area contributed by atoms with E-state index in [0.29, 0.717) is 81.4 Å². The van der Waals surface area contributed by atoms with Crippen molar-refractivity contribution in [1.82, 2.24) is 145 Å². The summed E-state index contributed by atoms with van der Waals surface area (Å²) in [6.07, 6.45) is 12.5. The Morgan fingerprint density at radius 2 is 1.23 bits per heavy atom. The minimum Gasteiger partial charge on any atom is -0.536 e. The normalized spacial score (nSPS) is 13.4. The monoisotopic (exact) mass is 2700 g/mol. The van der Waals surface area contributed by atoms with E-state index in [2.05, 4.69) is 203 Å². The number of carbonyl (C=O) groups is 1. The maximum atomic E-state index is 12.9. The Morgan fingerprint density at radius 3 is 1.87 bits per heavy atom. The zero-order valence-corrected chi connectivity index (χ0v) is 85.8. The van der Waals surface area contributed by atoms with Crippen LogP contribution in [0.25, 0.3) is 103 Å². The Morgan fingerprint density at radius 1 is 0.612 bits per heavy atom. The van der Waals surface area contributed by atoms with E-state index < -0.39 is 15.8 Å². The molecule has 9 aromatic carbocycles. The van der Waals surface area contributed by atoms with Crippen molar-refractivity contribution in [3.8, 4) is 132 Å². The largest absolute Gasteiger partial charge is 0.536 e. The maximum absolute atomic E-state index is 12.9. The summed E-state index contributed by atoms with van der Waals surface area (Å²) in [7, 11) is 2.12. The molecule has 0 aliphatic carbocycles. The minimum absolute atomic E-state index is 0. The molecule has 18 aromatic rings. The number of ether oxygens (including phenoxy) is 3. The van der Waals surface area contributed by atoms with E-state index in [1.807, 2.05) is 144 Å². The van der Waals surface area contributed by atoms with Gasteiger partial charge in [-0.25, -0.2) is 47.0 Å². The van der Waals surface area contributed by atoms with E-state index in [4.69, 9.17) is 19.2 Å². The number of para-hydroxylation sites is 1. The Kier molecular flexibility index (Phi) is 32.7. The Hall–Kier alpha value is -13.4. The van der Waals surface area contributed by atoms with E-state index in [0.717, 1.165) is 110 Å². The fourth-order valence-electron chi connectivity index (χ4n) is 15.7. The molecule has 689 valence electrons. The zero-order valence-electron chi connectivity index (χ0n) is 73.0. The number of carbonyl (C=O) groups excluding carboxylic acids is 1. The summed E-state index contributed by atoms with van der Waals surface area (Å²) >= 11 is 0. The second kappa shape index (κ2) is 44.0. The molecule has 1 saturated heterocycles. The standard InChI is InChI=1S/C23H19N4O2.C22H17N6.C20H19N4O2.C18H10N7O2S.C9H14N9.5Ir/c1-15-12-20(29-19-6-4-3-5-7-19)13-16(2)22(15)27-23(24-25-26-27)18-8-9-21-17(14-18)10-11-28-21;1-26-20(18-12-6-3-7-13-18)19(17-10-4-2-5-11-17)25-22(26)28-21(23-16-24-28)27-14-8-9-15-27;1-12(2)20(25)26-17-8-6-16(7-9-17)19-21-22-23-24(19)18-14(4)10-13(3)11-15(18)5;1-24-18(12(9-19)10-20-24)25-17(21-22-23-25)11-6-7-14-13-4-2-3-5-15(13)28(26,27)16(14)8-11;1-7-5-16(2)4-3-8(7)18-9(11-13-15-18)17-6-10-12-14-17;;;;;/h3-7,9,12-14H,10-11H2,1-2H3;2-14,16H,1H3;6,8-11H,1H2,2-5H3;2-7,10H,1H3;7-8H,3-5H2,1-2H3;;;;;/q5*-1;;;;;. The van der Waals surface area contributed by atoms with Gasteiger partial charge in [0, 0.05) is 155 Å². The van der Waals surface area contributed by atoms with Crippen LogP contribution in [0.4, 0.5) is 0 Å². The van der Waals surface area contributed by atoms with Gasteiger partial charge >= 0.3 is 5.97 Å². The number of esters is 1. The fraction of sp³-hybridized carbons (Fsp3) is 0.185. The number of nitrogens with zero attached hydrogens (tertiary/aromatic N) is 30. The number of aromatic nitrogens is 28. The van der Waals surface area contributed by atoms with E-state index >= 15 is 0 Å². The van der Waals surface area contributed by atoms with Gasteiger partial charge in [-0.05, 0) is 185 Å². The maximum Gasteiger partial charge on any atom is 0.329 e. The van der Waals surface area contributed by atoms with Crippen LogP contribution < -0.4 is 14.2 Å². The molecule has 2 atom stereocenters. The Balaban J connectivity index is 0.000000151. The number of likely N-dealkylation sites (tertiary alicyclic amines) is 1. The molecule has 0 amide bonds. The van der Waals surface area contributed by atoms with Gasteiger partial charge in [0.15, 0.2) is 21.6 Å². The van der Waals surface area contributed by atoms with Crippen LogP contribution >= 0.6 is 0 Å². The summed E-state index contributed by atoms with van der Waals surface area (Å²) in [6, 6.07) is 73.0. The smallest absolute Gasteiger partial charge is 0.329 e. The second-order valence-corrected chi connectivity index (χ2v) is 32.4. The molecule has 5 radical (unpaired) electrons. The van der Waals surface area contributed by atoms with Crippen LogP contribution in [0.3, 0.4) is 0 Å². The van der Waals surface area contributed by atoms with E-state index in [9.17, 15) is 18.5 Å². The molecule has 0 bridgehead atoms. The number of nitriles is 1. The van der Waals surface area contributed by atoms with Crippen LogP contribution in [0.15, 0.2) is 235 Å². The number of hydrogen-bond acceptors (Lipinski definition) is 27. The average Bonchev–Trinajstić information content (AvgIpc) is 1.57. The summed E-state index contributed by atoms with van der Waals surface area (Å²) < 4.78 is 57.6. The molecule has 0 spiro atoms. The van der Waals surface area contributed by atoms with Gasteiger partial charge < -0.3 is 32.9 Å². The van der Waals surface area contributed by atoms with Gasteiger partial charge in [0.25, 0.3) is 0 Å². The molecule has 2 unspecified atom stereocenters. The molecule has 21 rings (SSSR count). The van der Waals surface area contributed by atoms with Crippen LogP contribution in [0.1, 0.15) is 65.3 Å². The average molecular weight is 2690 g/mol. The van der Waals surface area contributed by atoms with Gasteiger partial charge in [0.1, 0.15) is 52.9 Å². The molecular formula is C92H79Ir5N30O6S-5. The molecule has 42 heteroatoms. The molecular weight excluding hydrogens is 2610 g/mol. The summed E-state index contributed by atoms with van der Waals surface area (Å²) in [5, 5.41) is 76.6. The predicted octanol–water partition coefficient (Wildman–Crippen LogP) is 12.4. The molecule has 1 fully saturated rings. The van der Waals surface area contributed by atoms with Crippen LogP contribution in [0, 0.1) is 82.6 Å². The van der Waals surface area contributed by atoms with Crippen LogP contribution in [0.2, 0.25) is 0 Å². The van der Waals surface area contributed by atoms with Crippen molar-refractivity contribution in [3.63, 3.8) is 0 Å².